The average molecular weight is 208 g/mol. The summed E-state index contributed by atoms with van der Waals surface area (Å²) in [7, 11) is -3.23. The fourth-order valence-corrected chi connectivity index (χ4v) is 4.42. The second-order valence-corrected chi connectivity index (χ2v) is 8.82. The van der Waals surface area contributed by atoms with Crippen LogP contribution < -0.4 is 0 Å². The summed E-state index contributed by atoms with van der Waals surface area (Å²) in [5.41, 5.74) is 0. The molecule has 0 aromatic rings. The molecule has 0 atom stereocenters. The van der Waals surface area contributed by atoms with Crippen LogP contribution in [0.15, 0.2) is 0 Å². The van der Waals surface area contributed by atoms with Gasteiger partial charge in [0.05, 0.1) is 0 Å². The molecule has 82 valence electrons. The molecule has 0 bridgehead atoms. The van der Waals surface area contributed by atoms with Crippen molar-refractivity contribution >= 4 is 7.06 Å². The van der Waals surface area contributed by atoms with E-state index in [9.17, 15) is 9.79 Å². The Hall–Kier alpha value is 0.350. The van der Waals surface area contributed by atoms with E-state index in [4.69, 9.17) is 0 Å². The summed E-state index contributed by atoms with van der Waals surface area (Å²) >= 11 is 0. The Morgan fingerprint density at radius 3 is 1.46 bits per heavy atom. The van der Waals surface area contributed by atoms with Gasteiger partial charge in [0.25, 0.3) is 0 Å². The van der Waals surface area contributed by atoms with E-state index in [2.05, 4.69) is 13.8 Å². The van der Waals surface area contributed by atoms with Gasteiger partial charge < -0.3 is 0 Å². The van der Waals surface area contributed by atoms with Gasteiger partial charge in [0.15, 0.2) is 0 Å². The molecule has 0 aliphatic carbocycles. The minimum absolute atomic E-state index is 0.561. The first-order valence-electron chi connectivity index (χ1n) is 5.47. The molecule has 2 N–H and O–H groups in total. The van der Waals surface area contributed by atoms with E-state index in [0.29, 0.717) is 18.5 Å². The summed E-state index contributed by atoms with van der Waals surface area (Å²) in [6, 6.07) is 0. The first kappa shape index (κ1) is 13.4. The quantitative estimate of drug-likeness (QED) is 0.631. The van der Waals surface area contributed by atoms with Crippen molar-refractivity contribution in [1.29, 1.82) is 0 Å². The Bertz CT molecular complexity index is 134. The zero-order valence-electron chi connectivity index (χ0n) is 9.29. The summed E-state index contributed by atoms with van der Waals surface area (Å²) < 4.78 is 0. The van der Waals surface area contributed by atoms with Gasteiger partial charge in [-0.15, -0.1) is 0 Å². The van der Waals surface area contributed by atoms with E-state index < -0.39 is 7.06 Å². The van der Waals surface area contributed by atoms with Crippen molar-refractivity contribution in [3.05, 3.63) is 0 Å². The van der Waals surface area contributed by atoms with Gasteiger partial charge in [-0.3, -0.25) is 0 Å². The molecule has 0 heterocycles. The molecule has 0 saturated heterocycles. The van der Waals surface area contributed by atoms with Crippen LogP contribution in [0.2, 0.25) is 0 Å². The molecule has 13 heavy (non-hydrogen) atoms. The van der Waals surface area contributed by atoms with Crippen molar-refractivity contribution in [1.82, 2.24) is 0 Å². The van der Waals surface area contributed by atoms with Gasteiger partial charge in [0.2, 0.25) is 0 Å². The molecule has 0 aromatic heterocycles. The van der Waals surface area contributed by atoms with Gasteiger partial charge in [-0.25, -0.2) is 0 Å². The van der Waals surface area contributed by atoms with Crippen molar-refractivity contribution in [2.75, 3.05) is 18.5 Å². The third-order valence-electron chi connectivity index (χ3n) is 2.79. The summed E-state index contributed by atoms with van der Waals surface area (Å²) in [5.74, 6) is 0. The van der Waals surface area contributed by atoms with Crippen molar-refractivity contribution in [3.63, 3.8) is 0 Å². The molecule has 0 aliphatic heterocycles. The van der Waals surface area contributed by atoms with Crippen LogP contribution >= 0.6 is 7.06 Å². The monoisotopic (exact) mass is 208 g/mol. The maximum atomic E-state index is 10.2. The second kappa shape index (κ2) is 5.29. The van der Waals surface area contributed by atoms with Crippen LogP contribution in [-0.2, 0) is 0 Å². The first-order valence-corrected chi connectivity index (χ1v) is 8.17. The van der Waals surface area contributed by atoms with Crippen LogP contribution in [0.5, 0.6) is 0 Å². The van der Waals surface area contributed by atoms with E-state index in [1.54, 1.807) is 0 Å². The number of unbranched alkanes of at least 4 members (excludes halogenated alkanes) is 2. The molecule has 0 spiro atoms. The predicted molar refractivity (Wildman–Crippen MR) is 61.4 cm³/mol. The molecule has 0 rings (SSSR count). The Morgan fingerprint density at radius 2 is 1.23 bits per heavy atom. The molecule has 0 aromatic carbocycles. The minimum atomic E-state index is -3.23. The molecular formula is C10H25O2P. The van der Waals surface area contributed by atoms with E-state index in [1.807, 2.05) is 6.92 Å². The van der Waals surface area contributed by atoms with Gasteiger partial charge in [-0.05, 0) is 0 Å². The fourth-order valence-electron chi connectivity index (χ4n) is 1.47. The standard InChI is InChI=1S/C10H25O2P/c1-4-7-9-13(11,12,6-3)10-8-5-2/h11-12H,4-10H2,1-3H3. The topological polar surface area (TPSA) is 40.5 Å². The number of hydrogen-bond donors (Lipinski definition) is 2. The van der Waals surface area contributed by atoms with Gasteiger partial charge in [-0.1, -0.05) is 0 Å². The van der Waals surface area contributed by atoms with E-state index in [0.717, 1.165) is 25.7 Å². The molecule has 0 radical (unpaired) electrons. The fraction of sp³-hybridized carbons (Fsp3) is 1.00. The van der Waals surface area contributed by atoms with Gasteiger partial charge in [0, 0.05) is 0 Å². The molecule has 3 heteroatoms. The Morgan fingerprint density at radius 1 is 0.846 bits per heavy atom. The van der Waals surface area contributed by atoms with Crippen molar-refractivity contribution in [2.45, 2.75) is 46.5 Å². The third-order valence-corrected chi connectivity index (χ3v) is 6.94. The number of hydrogen-bond acceptors (Lipinski definition) is 2. The predicted octanol–water partition coefficient (Wildman–Crippen LogP) is 2.97. The van der Waals surface area contributed by atoms with E-state index in [1.165, 1.54) is 0 Å². The zero-order chi connectivity index (χ0) is 10.4. The average Bonchev–Trinajstić information content (AvgIpc) is 2.13. The SMILES string of the molecule is CCCCP(O)(O)(CC)CCCC. The summed E-state index contributed by atoms with van der Waals surface area (Å²) in [6.45, 7) is 6.09. The Kier molecular flexibility index (Phi) is 5.43. The first-order chi connectivity index (χ1) is 5.96. The van der Waals surface area contributed by atoms with Gasteiger partial charge in [0.1, 0.15) is 0 Å². The molecule has 0 amide bonds. The Labute approximate surface area is 82.5 Å². The third kappa shape index (κ3) is 4.95. The van der Waals surface area contributed by atoms with Crippen LogP contribution in [-0.4, -0.2) is 28.3 Å². The Balaban J connectivity index is 4.17. The van der Waals surface area contributed by atoms with Crippen LogP contribution in [0, 0.1) is 0 Å². The maximum absolute atomic E-state index is 10.2. The van der Waals surface area contributed by atoms with Crippen LogP contribution in [0.25, 0.3) is 0 Å². The van der Waals surface area contributed by atoms with Crippen molar-refractivity contribution in [3.8, 4) is 0 Å². The van der Waals surface area contributed by atoms with Crippen molar-refractivity contribution < 1.29 is 9.79 Å². The summed E-state index contributed by atoms with van der Waals surface area (Å²) in [4.78, 5) is 20.5. The van der Waals surface area contributed by atoms with E-state index in [-0.39, 0.29) is 0 Å². The molecule has 0 aliphatic rings. The summed E-state index contributed by atoms with van der Waals surface area (Å²) in [6.07, 6.45) is 5.82. The molecular weight excluding hydrogens is 183 g/mol. The zero-order valence-corrected chi connectivity index (χ0v) is 10.2. The van der Waals surface area contributed by atoms with Gasteiger partial charge >= 0.3 is 81.8 Å². The van der Waals surface area contributed by atoms with Gasteiger partial charge in [-0.2, -0.15) is 0 Å². The second-order valence-electron chi connectivity index (χ2n) is 4.08. The molecule has 2 nitrogen and oxygen atoms in total. The normalized spacial score (nSPS) is 15.3. The molecule has 0 saturated carbocycles. The van der Waals surface area contributed by atoms with Crippen LogP contribution in [0.3, 0.4) is 0 Å². The van der Waals surface area contributed by atoms with Crippen molar-refractivity contribution in [2.24, 2.45) is 0 Å². The molecule has 0 fully saturated rings. The van der Waals surface area contributed by atoms with Crippen LogP contribution in [0.4, 0.5) is 0 Å². The number of rotatable bonds is 7. The molecule has 0 unspecified atom stereocenters. The van der Waals surface area contributed by atoms with E-state index >= 15 is 0 Å². The van der Waals surface area contributed by atoms with Crippen LogP contribution in [0.1, 0.15) is 46.5 Å². The summed E-state index contributed by atoms with van der Waals surface area (Å²) in [5, 5.41) is 0.